The Kier molecular flexibility index (Phi) is 5.55. The topological polar surface area (TPSA) is 42.0 Å². The Bertz CT molecular complexity index is 840. The third-order valence-electron chi connectivity index (χ3n) is 3.86. The lowest BCUT2D eigenvalue weighted by Gasteiger charge is -2.02. The molecular formula is C18H18BrN2OS-. The quantitative estimate of drug-likeness (QED) is 0.687. The van der Waals surface area contributed by atoms with Gasteiger partial charge in [0, 0.05) is 5.56 Å². The molecule has 0 fully saturated rings. The molecule has 0 radical (unpaired) electrons. The van der Waals surface area contributed by atoms with Gasteiger partial charge in [0.05, 0.1) is 16.8 Å². The van der Waals surface area contributed by atoms with Gasteiger partial charge >= 0.3 is 0 Å². The third kappa shape index (κ3) is 3.79. The largest absolute Gasteiger partial charge is 1.00 e. The molecule has 0 aliphatic rings. The van der Waals surface area contributed by atoms with Gasteiger partial charge in [-0.1, -0.05) is 47.2 Å². The Hall–Kier alpha value is -1.72. The molecule has 3 rings (SSSR count). The maximum absolute atomic E-state index is 12.2. The van der Waals surface area contributed by atoms with Crippen molar-refractivity contribution in [2.45, 2.75) is 20.8 Å². The smallest absolute Gasteiger partial charge is 0.184 e. The van der Waals surface area contributed by atoms with Crippen molar-refractivity contribution in [1.82, 2.24) is 4.98 Å². The van der Waals surface area contributed by atoms with Gasteiger partial charge in [-0.05, 0) is 38.0 Å². The van der Waals surface area contributed by atoms with Crippen molar-refractivity contribution in [3.8, 4) is 0 Å². The number of aromatic nitrogens is 1. The summed E-state index contributed by atoms with van der Waals surface area (Å²) in [7, 11) is 0. The number of benzene rings is 2. The first-order valence-corrected chi connectivity index (χ1v) is 8.07. The van der Waals surface area contributed by atoms with Crippen molar-refractivity contribution >= 4 is 32.5 Å². The van der Waals surface area contributed by atoms with Crippen LogP contribution in [0.1, 0.15) is 27.0 Å². The molecule has 1 heterocycles. The average molecular weight is 390 g/mol. The van der Waals surface area contributed by atoms with Crippen LogP contribution in [0.25, 0.3) is 10.2 Å². The van der Waals surface area contributed by atoms with E-state index in [0.717, 1.165) is 26.5 Å². The highest BCUT2D eigenvalue weighted by molar-refractivity contribution is 7.22. The molecule has 0 spiro atoms. The molecule has 23 heavy (non-hydrogen) atoms. The number of ketones is 1. The Labute approximate surface area is 150 Å². The van der Waals surface area contributed by atoms with Crippen LogP contribution in [-0.4, -0.2) is 17.3 Å². The summed E-state index contributed by atoms with van der Waals surface area (Å²) in [6, 6.07) is 11.8. The molecular weight excluding hydrogens is 372 g/mol. The number of halogens is 1. The summed E-state index contributed by atoms with van der Waals surface area (Å²) in [5.41, 5.74) is 5.34. The minimum absolute atomic E-state index is 0. The maximum atomic E-state index is 12.2. The zero-order valence-corrected chi connectivity index (χ0v) is 15.7. The van der Waals surface area contributed by atoms with Crippen LogP contribution < -0.4 is 22.3 Å². The SMILES string of the molecule is Cc1ccc(C(=O)CNc2nc3c(C)c(C)ccc3s2)cc1.[Br-]. The first kappa shape index (κ1) is 17.6. The van der Waals surface area contributed by atoms with E-state index < -0.39 is 0 Å². The maximum Gasteiger partial charge on any atom is 0.184 e. The Morgan fingerprint density at radius 2 is 1.78 bits per heavy atom. The van der Waals surface area contributed by atoms with Gasteiger partial charge in [0.1, 0.15) is 0 Å². The number of fused-ring (bicyclic) bond motifs is 1. The molecule has 5 heteroatoms. The molecule has 0 saturated carbocycles. The highest BCUT2D eigenvalue weighted by atomic mass is 79.9. The number of hydrogen-bond donors (Lipinski definition) is 1. The highest BCUT2D eigenvalue weighted by Gasteiger charge is 2.10. The molecule has 0 unspecified atom stereocenters. The average Bonchev–Trinajstić information content (AvgIpc) is 2.93. The van der Waals surface area contributed by atoms with Gasteiger partial charge in [-0.2, -0.15) is 0 Å². The number of nitrogens with one attached hydrogen (secondary N) is 1. The second-order valence-electron chi connectivity index (χ2n) is 5.52. The van der Waals surface area contributed by atoms with Gasteiger partial charge in [-0.25, -0.2) is 4.98 Å². The fraction of sp³-hybridized carbons (Fsp3) is 0.222. The van der Waals surface area contributed by atoms with Crippen molar-refractivity contribution in [1.29, 1.82) is 0 Å². The number of Topliss-reactive ketones (excluding diaryl/α,β-unsaturated/α-hetero) is 1. The van der Waals surface area contributed by atoms with Crippen LogP contribution in [0, 0.1) is 20.8 Å². The van der Waals surface area contributed by atoms with E-state index in [9.17, 15) is 4.79 Å². The van der Waals surface area contributed by atoms with Crippen LogP contribution in [0.5, 0.6) is 0 Å². The van der Waals surface area contributed by atoms with Crippen molar-refractivity contribution in [2.75, 3.05) is 11.9 Å². The molecule has 1 N–H and O–H groups in total. The second kappa shape index (κ2) is 7.23. The zero-order valence-electron chi connectivity index (χ0n) is 13.3. The van der Waals surface area contributed by atoms with E-state index in [1.165, 1.54) is 11.1 Å². The van der Waals surface area contributed by atoms with Crippen LogP contribution in [0.3, 0.4) is 0 Å². The first-order chi connectivity index (χ1) is 10.5. The molecule has 120 valence electrons. The predicted molar refractivity (Wildman–Crippen MR) is 93.1 cm³/mol. The lowest BCUT2D eigenvalue weighted by atomic mass is 10.1. The third-order valence-corrected chi connectivity index (χ3v) is 4.84. The lowest BCUT2D eigenvalue weighted by molar-refractivity contribution is -0.0000122. The summed E-state index contributed by atoms with van der Waals surface area (Å²) >= 11 is 1.59. The molecule has 3 nitrogen and oxygen atoms in total. The molecule has 0 bridgehead atoms. The molecule has 2 aromatic carbocycles. The van der Waals surface area contributed by atoms with Gasteiger partial charge in [0.15, 0.2) is 10.9 Å². The molecule has 0 aliphatic carbocycles. The van der Waals surface area contributed by atoms with Crippen molar-refractivity contribution in [3.63, 3.8) is 0 Å². The van der Waals surface area contributed by atoms with Crippen LogP contribution >= 0.6 is 11.3 Å². The standard InChI is InChI=1S/C18H18N2OS.BrH/c1-11-4-7-14(8-5-11)15(21)10-19-18-20-17-13(3)12(2)6-9-16(17)22-18;/h4-9H,10H2,1-3H3,(H,19,20);1H/p-1. The van der Waals surface area contributed by atoms with Gasteiger partial charge < -0.3 is 22.3 Å². The minimum Gasteiger partial charge on any atom is -1.00 e. The number of carbonyl (C=O) groups is 1. The van der Waals surface area contributed by atoms with E-state index >= 15 is 0 Å². The summed E-state index contributed by atoms with van der Waals surface area (Å²) in [5, 5.41) is 3.95. The van der Waals surface area contributed by atoms with E-state index in [0.29, 0.717) is 0 Å². The number of rotatable bonds is 4. The van der Waals surface area contributed by atoms with Crippen LogP contribution in [0.2, 0.25) is 0 Å². The molecule has 1 aromatic heterocycles. The Morgan fingerprint density at radius 3 is 2.48 bits per heavy atom. The predicted octanol–water partition coefficient (Wildman–Crippen LogP) is 1.52. The van der Waals surface area contributed by atoms with Crippen molar-refractivity contribution in [2.24, 2.45) is 0 Å². The zero-order chi connectivity index (χ0) is 15.7. The fourth-order valence-corrected chi connectivity index (χ4v) is 3.22. The molecule has 0 atom stereocenters. The van der Waals surface area contributed by atoms with Gasteiger partial charge in [0.2, 0.25) is 0 Å². The first-order valence-electron chi connectivity index (χ1n) is 7.25. The van der Waals surface area contributed by atoms with Gasteiger partial charge in [-0.15, -0.1) is 0 Å². The normalized spacial score (nSPS) is 10.4. The number of anilines is 1. The summed E-state index contributed by atoms with van der Waals surface area (Å²) in [6.45, 7) is 6.44. The fourth-order valence-electron chi connectivity index (χ4n) is 2.30. The number of hydrogen-bond acceptors (Lipinski definition) is 4. The van der Waals surface area contributed by atoms with E-state index in [2.05, 4.69) is 36.3 Å². The summed E-state index contributed by atoms with van der Waals surface area (Å²) in [6.07, 6.45) is 0. The van der Waals surface area contributed by atoms with E-state index in [1.807, 2.05) is 31.2 Å². The van der Waals surface area contributed by atoms with Gasteiger partial charge in [-0.3, -0.25) is 4.79 Å². The van der Waals surface area contributed by atoms with Crippen LogP contribution in [0.4, 0.5) is 5.13 Å². The second-order valence-corrected chi connectivity index (χ2v) is 6.55. The van der Waals surface area contributed by atoms with Crippen molar-refractivity contribution in [3.05, 3.63) is 58.7 Å². The van der Waals surface area contributed by atoms with Gasteiger partial charge in [0.25, 0.3) is 0 Å². The number of aryl methyl sites for hydroxylation is 3. The Morgan fingerprint density at radius 1 is 1.09 bits per heavy atom. The van der Waals surface area contributed by atoms with E-state index in [1.54, 1.807) is 11.3 Å². The van der Waals surface area contributed by atoms with Crippen LogP contribution in [0.15, 0.2) is 36.4 Å². The highest BCUT2D eigenvalue weighted by Crippen LogP contribution is 2.29. The minimum atomic E-state index is 0. The number of carbonyl (C=O) groups excluding carboxylic acids is 1. The monoisotopic (exact) mass is 389 g/mol. The number of nitrogens with zero attached hydrogens (tertiary/aromatic N) is 1. The molecule has 0 aliphatic heterocycles. The molecule has 3 aromatic rings. The summed E-state index contributed by atoms with van der Waals surface area (Å²) in [4.78, 5) is 16.8. The Balaban J connectivity index is 0.00000192. The van der Waals surface area contributed by atoms with Crippen LogP contribution in [-0.2, 0) is 0 Å². The van der Waals surface area contributed by atoms with E-state index in [-0.39, 0.29) is 29.3 Å². The number of thiazole rings is 1. The van der Waals surface area contributed by atoms with E-state index in [4.69, 9.17) is 0 Å². The molecule has 0 amide bonds. The van der Waals surface area contributed by atoms with Crippen molar-refractivity contribution < 1.29 is 21.8 Å². The summed E-state index contributed by atoms with van der Waals surface area (Å²) < 4.78 is 1.15. The molecule has 0 saturated heterocycles. The summed E-state index contributed by atoms with van der Waals surface area (Å²) in [5.74, 6) is 0.0761. The lowest BCUT2D eigenvalue weighted by Crippen LogP contribution is -3.00.